The van der Waals surface area contributed by atoms with E-state index in [1.807, 2.05) is 24.3 Å². The van der Waals surface area contributed by atoms with E-state index in [2.05, 4.69) is 0 Å². The smallest absolute Gasteiger partial charge is 0.241 e. The summed E-state index contributed by atoms with van der Waals surface area (Å²) < 4.78 is 0. The zero-order chi connectivity index (χ0) is 11.3. The molecule has 0 saturated carbocycles. The van der Waals surface area contributed by atoms with Crippen molar-refractivity contribution in [3.8, 4) is 0 Å². The minimum atomic E-state index is -0.480. The summed E-state index contributed by atoms with van der Waals surface area (Å²) in [6, 6.07) is 7.44. The summed E-state index contributed by atoms with van der Waals surface area (Å²) in [6.07, 6.45) is 3.34. The third kappa shape index (κ3) is 4.22. The number of benzene rings is 1. The third-order valence-corrected chi connectivity index (χ3v) is 1.84. The number of carbonyl (C=O) groups is 2. The second-order valence-electron chi connectivity index (χ2n) is 3.36. The average Bonchev–Trinajstić information content (AvgIpc) is 2.14. The van der Waals surface area contributed by atoms with Crippen molar-refractivity contribution >= 4 is 17.8 Å². The van der Waals surface area contributed by atoms with Crippen LogP contribution >= 0.6 is 0 Å². The van der Waals surface area contributed by atoms with Crippen molar-refractivity contribution in [3.05, 3.63) is 41.5 Å². The number of rotatable bonds is 4. The molecule has 78 valence electrons. The number of hydrogen-bond acceptors (Lipinski definition) is 2. The van der Waals surface area contributed by atoms with E-state index in [-0.39, 0.29) is 5.78 Å². The largest absolute Gasteiger partial charge is 0.366 e. The number of amides is 1. The minimum absolute atomic E-state index is 0.117. The Kier molecular flexibility index (Phi) is 3.80. The molecule has 2 N–H and O–H groups in total. The molecule has 1 rings (SSSR count). The van der Waals surface area contributed by atoms with Gasteiger partial charge in [0.05, 0.1) is 0 Å². The summed E-state index contributed by atoms with van der Waals surface area (Å²) in [7, 11) is 0. The van der Waals surface area contributed by atoms with Gasteiger partial charge in [-0.05, 0) is 24.1 Å². The van der Waals surface area contributed by atoms with Crippen molar-refractivity contribution in [2.45, 2.75) is 13.3 Å². The van der Waals surface area contributed by atoms with Crippen LogP contribution in [0, 0.1) is 0 Å². The van der Waals surface area contributed by atoms with Gasteiger partial charge in [0.1, 0.15) is 5.78 Å². The van der Waals surface area contributed by atoms with Crippen LogP contribution in [0.5, 0.6) is 0 Å². The molecule has 0 spiro atoms. The molecule has 0 aliphatic carbocycles. The van der Waals surface area contributed by atoms with E-state index in [4.69, 9.17) is 5.73 Å². The second-order valence-corrected chi connectivity index (χ2v) is 3.36. The van der Waals surface area contributed by atoms with Gasteiger partial charge in [-0.1, -0.05) is 24.3 Å². The zero-order valence-corrected chi connectivity index (χ0v) is 8.57. The Morgan fingerprint density at radius 3 is 2.73 bits per heavy atom. The molecular formula is C12H13NO2. The normalized spacial score (nSPS) is 10.5. The van der Waals surface area contributed by atoms with Crippen LogP contribution in [0.15, 0.2) is 30.3 Å². The van der Waals surface area contributed by atoms with Crippen molar-refractivity contribution in [2.24, 2.45) is 5.73 Å². The first-order chi connectivity index (χ1) is 7.08. The lowest BCUT2D eigenvalue weighted by Crippen LogP contribution is -2.05. The van der Waals surface area contributed by atoms with E-state index in [1.54, 1.807) is 13.0 Å². The zero-order valence-electron chi connectivity index (χ0n) is 8.57. The van der Waals surface area contributed by atoms with Crippen molar-refractivity contribution in [3.63, 3.8) is 0 Å². The lowest BCUT2D eigenvalue weighted by atomic mass is 10.1. The maximum atomic E-state index is 10.9. The lowest BCUT2D eigenvalue weighted by molar-refractivity contribution is -0.116. The van der Waals surface area contributed by atoms with Crippen LogP contribution in [0.25, 0.3) is 6.08 Å². The maximum Gasteiger partial charge on any atom is 0.241 e. The van der Waals surface area contributed by atoms with Gasteiger partial charge in [0.2, 0.25) is 5.91 Å². The van der Waals surface area contributed by atoms with Crippen LogP contribution < -0.4 is 5.73 Å². The topological polar surface area (TPSA) is 60.2 Å². The van der Waals surface area contributed by atoms with Crippen molar-refractivity contribution < 1.29 is 9.59 Å². The molecular weight excluding hydrogens is 190 g/mol. The van der Waals surface area contributed by atoms with E-state index in [0.717, 1.165) is 11.1 Å². The molecule has 3 nitrogen and oxygen atoms in total. The van der Waals surface area contributed by atoms with E-state index in [9.17, 15) is 9.59 Å². The third-order valence-electron chi connectivity index (χ3n) is 1.84. The van der Waals surface area contributed by atoms with Gasteiger partial charge >= 0.3 is 0 Å². The highest BCUT2D eigenvalue weighted by atomic mass is 16.1. The van der Waals surface area contributed by atoms with Gasteiger partial charge in [-0.15, -0.1) is 0 Å². The summed E-state index contributed by atoms with van der Waals surface area (Å²) in [4.78, 5) is 21.4. The fraction of sp³-hybridized carbons (Fsp3) is 0.167. The van der Waals surface area contributed by atoms with Crippen LogP contribution in [0.3, 0.4) is 0 Å². The molecule has 15 heavy (non-hydrogen) atoms. The van der Waals surface area contributed by atoms with Gasteiger partial charge < -0.3 is 5.73 Å². The van der Waals surface area contributed by atoms with Crippen LogP contribution in [0.4, 0.5) is 0 Å². The first-order valence-corrected chi connectivity index (χ1v) is 4.64. The van der Waals surface area contributed by atoms with Crippen LogP contribution in [0.1, 0.15) is 18.1 Å². The number of Topliss-reactive ketones (excluding diaryl/α,β-unsaturated/α-hetero) is 1. The summed E-state index contributed by atoms with van der Waals surface area (Å²) in [6.45, 7) is 1.55. The Morgan fingerprint density at radius 1 is 1.40 bits per heavy atom. The number of hydrogen-bond donors (Lipinski definition) is 1. The second kappa shape index (κ2) is 5.10. The summed E-state index contributed by atoms with van der Waals surface area (Å²) in [5.41, 5.74) is 6.79. The highest BCUT2D eigenvalue weighted by molar-refractivity contribution is 5.90. The highest BCUT2D eigenvalue weighted by Crippen LogP contribution is 2.08. The van der Waals surface area contributed by atoms with E-state index < -0.39 is 5.91 Å². The first-order valence-electron chi connectivity index (χ1n) is 4.64. The van der Waals surface area contributed by atoms with Crippen LogP contribution in [-0.2, 0) is 16.0 Å². The number of nitrogens with two attached hydrogens (primary N) is 1. The fourth-order valence-electron chi connectivity index (χ4n) is 1.27. The molecule has 0 fully saturated rings. The van der Waals surface area contributed by atoms with E-state index in [1.165, 1.54) is 6.08 Å². The Morgan fingerprint density at radius 2 is 2.13 bits per heavy atom. The quantitative estimate of drug-likeness (QED) is 0.750. The van der Waals surface area contributed by atoms with Gasteiger partial charge in [-0.25, -0.2) is 0 Å². The van der Waals surface area contributed by atoms with Crippen LogP contribution in [-0.4, -0.2) is 11.7 Å². The molecule has 0 radical (unpaired) electrons. The molecule has 1 aromatic carbocycles. The van der Waals surface area contributed by atoms with Crippen molar-refractivity contribution in [2.75, 3.05) is 0 Å². The Bertz CT molecular complexity index is 408. The molecule has 0 unspecified atom stereocenters. The first kappa shape index (κ1) is 11.2. The average molecular weight is 203 g/mol. The molecule has 3 heteroatoms. The van der Waals surface area contributed by atoms with Gasteiger partial charge in [0, 0.05) is 12.5 Å². The predicted molar refractivity (Wildman–Crippen MR) is 59.1 cm³/mol. The fourth-order valence-corrected chi connectivity index (χ4v) is 1.27. The summed E-state index contributed by atoms with van der Waals surface area (Å²) in [5, 5.41) is 0. The summed E-state index contributed by atoms with van der Waals surface area (Å²) in [5.74, 6) is -0.363. The Labute approximate surface area is 88.6 Å². The Balaban J connectivity index is 2.82. The number of carbonyl (C=O) groups excluding carboxylic acids is 2. The van der Waals surface area contributed by atoms with Crippen molar-refractivity contribution in [1.29, 1.82) is 0 Å². The molecule has 0 aliphatic heterocycles. The summed E-state index contributed by atoms with van der Waals surface area (Å²) >= 11 is 0. The highest BCUT2D eigenvalue weighted by Gasteiger charge is 1.97. The number of ketones is 1. The van der Waals surface area contributed by atoms with Crippen molar-refractivity contribution in [1.82, 2.24) is 0 Å². The van der Waals surface area contributed by atoms with Gasteiger partial charge in [0.25, 0.3) is 0 Å². The SMILES string of the molecule is CC(=O)Cc1cccc(C=CC(N)=O)c1. The minimum Gasteiger partial charge on any atom is -0.366 e. The molecule has 0 heterocycles. The monoisotopic (exact) mass is 203 g/mol. The molecule has 0 aromatic heterocycles. The molecule has 0 bridgehead atoms. The van der Waals surface area contributed by atoms with Gasteiger partial charge in [-0.2, -0.15) is 0 Å². The standard InChI is InChI=1S/C12H13NO2/c1-9(14)7-11-4-2-3-10(8-11)5-6-12(13)15/h2-6,8H,7H2,1H3,(H2,13,15). The lowest BCUT2D eigenvalue weighted by Gasteiger charge is -1.99. The van der Waals surface area contributed by atoms with E-state index in [0.29, 0.717) is 6.42 Å². The van der Waals surface area contributed by atoms with Gasteiger partial charge in [0.15, 0.2) is 0 Å². The maximum absolute atomic E-state index is 10.9. The molecule has 1 aromatic rings. The predicted octanol–water partition coefficient (Wildman–Crippen LogP) is 1.32. The molecule has 1 amide bonds. The number of primary amides is 1. The van der Waals surface area contributed by atoms with Crippen LogP contribution in [0.2, 0.25) is 0 Å². The molecule has 0 aliphatic rings. The molecule has 0 saturated heterocycles. The van der Waals surface area contributed by atoms with Gasteiger partial charge in [-0.3, -0.25) is 9.59 Å². The Hall–Kier alpha value is -1.90. The molecule has 0 atom stereocenters. The van der Waals surface area contributed by atoms with E-state index >= 15 is 0 Å².